The molecule has 0 aromatic carbocycles. The summed E-state index contributed by atoms with van der Waals surface area (Å²) in [6, 6.07) is 0.428. The summed E-state index contributed by atoms with van der Waals surface area (Å²) in [5.74, 6) is 0. The van der Waals surface area contributed by atoms with Crippen molar-refractivity contribution in [3.63, 3.8) is 0 Å². The Morgan fingerprint density at radius 2 is 2.27 bits per heavy atom. The topological polar surface area (TPSA) is 32.3 Å². The van der Waals surface area contributed by atoms with E-state index in [1.807, 2.05) is 12.3 Å². The highest BCUT2D eigenvalue weighted by atomic mass is 35.5. The third kappa shape index (κ3) is 3.45. The van der Waals surface area contributed by atoms with E-state index in [-0.39, 0.29) is 0 Å². The highest BCUT2D eigenvalue weighted by molar-refractivity contribution is 7.14. The van der Waals surface area contributed by atoms with Crippen molar-refractivity contribution in [2.45, 2.75) is 39.3 Å². The van der Waals surface area contributed by atoms with Crippen LogP contribution in [0.25, 0.3) is 0 Å². The lowest BCUT2D eigenvalue weighted by molar-refractivity contribution is 0.170. The summed E-state index contributed by atoms with van der Waals surface area (Å²) in [6.07, 6.45) is 0.557. The van der Waals surface area contributed by atoms with Crippen molar-refractivity contribution in [3.8, 4) is 0 Å². The van der Waals surface area contributed by atoms with E-state index in [1.54, 1.807) is 0 Å². The smallest absolute Gasteiger partial charge is 0.0989 e. The second-order valence-electron chi connectivity index (χ2n) is 3.84. The van der Waals surface area contributed by atoms with Crippen molar-refractivity contribution in [2.75, 3.05) is 6.54 Å². The van der Waals surface area contributed by atoms with E-state index >= 15 is 0 Å². The summed E-state index contributed by atoms with van der Waals surface area (Å²) >= 11 is 7.50. The summed E-state index contributed by atoms with van der Waals surface area (Å²) in [4.78, 5) is 0. The zero-order chi connectivity index (χ0) is 11.4. The number of hydrogen-bond acceptors (Lipinski definition) is 3. The van der Waals surface area contributed by atoms with E-state index in [4.69, 9.17) is 11.6 Å². The summed E-state index contributed by atoms with van der Waals surface area (Å²) < 4.78 is 0.700. The third-order valence-corrected chi connectivity index (χ3v) is 3.95. The molecule has 0 fully saturated rings. The molecule has 0 aliphatic carbocycles. The SMILES string of the molecule is CCC(C)NCC(O)c1c(C)csc1Cl. The molecule has 4 heteroatoms. The first-order valence-corrected chi connectivity index (χ1v) is 6.47. The molecule has 1 aromatic heterocycles. The predicted molar refractivity (Wildman–Crippen MR) is 66.8 cm³/mol. The Morgan fingerprint density at radius 3 is 2.73 bits per heavy atom. The van der Waals surface area contributed by atoms with Crippen LogP contribution in [0.2, 0.25) is 4.34 Å². The molecule has 0 bridgehead atoms. The average molecular weight is 248 g/mol. The predicted octanol–water partition coefficient (Wildman–Crippen LogP) is 3.13. The molecule has 0 spiro atoms. The Bertz CT molecular complexity index is 294. The first-order valence-electron chi connectivity index (χ1n) is 5.21. The van der Waals surface area contributed by atoms with Crippen LogP contribution < -0.4 is 5.32 Å². The van der Waals surface area contributed by atoms with Gasteiger partial charge in [0.2, 0.25) is 0 Å². The van der Waals surface area contributed by atoms with E-state index in [2.05, 4.69) is 19.2 Å². The molecule has 2 atom stereocenters. The van der Waals surface area contributed by atoms with Gasteiger partial charge in [0, 0.05) is 18.2 Å². The summed E-state index contributed by atoms with van der Waals surface area (Å²) in [5, 5.41) is 15.2. The molecule has 0 aliphatic heterocycles. The number of aliphatic hydroxyl groups is 1. The van der Waals surface area contributed by atoms with Gasteiger partial charge in [-0.05, 0) is 31.2 Å². The van der Waals surface area contributed by atoms with Gasteiger partial charge in [-0.1, -0.05) is 18.5 Å². The molecule has 0 amide bonds. The first kappa shape index (κ1) is 13.0. The van der Waals surface area contributed by atoms with Gasteiger partial charge in [-0.25, -0.2) is 0 Å². The molecule has 0 aliphatic rings. The molecule has 1 heterocycles. The third-order valence-electron chi connectivity index (χ3n) is 2.58. The van der Waals surface area contributed by atoms with Crippen molar-refractivity contribution < 1.29 is 5.11 Å². The number of aliphatic hydroxyl groups excluding tert-OH is 1. The van der Waals surface area contributed by atoms with Crippen molar-refractivity contribution in [3.05, 3.63) is 20.8 Å². The molecule has 0 saturated heterocycles. The average Bonchev–Trinajstić information content (AvgIpc) is 2.54. The van der Waals surface area contributed by atoms with Crippen LogP contribution in [-0.4, -0.2) is 17.7 Å². The van der Waals surface area contributed by atoms with Crippen LogP contribution in [0.4, 0.5) is 0 Å². The van der Waals surface area contributed by atoms with E-state index in [0.29, 0.717) is 16.9 Å². The molecule has 0 radical (unpaired) electrons. The van der Waals surface area contributed by atoms with E-state index in [0.717, 1.165) is 17.5 Å². The van der Waals surface area contributed by atoms with Crippen molar-refractivity contribution >= 4 is 22.9 Å². The molecule has 2 N–H and O–H groups in total. The fourth-order valence-electron chi connectivity index (χ4n) is 1.38. The van der Waals surface area contributed by atoms with Gasteiger partial charge < -0.3 is 10.4 Å². The Balaban J connectivity index is 2.57. The lowest BCUT2D eigenvalue weighted by Crippen LogP contribution is -2.29. The fraction of sp³-hybridized carbons (Fsp3) is 0.636. The van der Waals surface area contributed by atoms with Gasteiger partial charge in [-0.15, -0.1) is 11.3 Å². The lowest BCUT2D eigenvalue weighted by atomic mass is 10.1. The van der Waals surface area contributed by atoms with Crippen LogP contribution in [0, 0.1) is 6.92 Å². The highest BCUT2D eigenvalue weighted by Gasteiger charge is 2.16. The molecule has 15 heavy (non-hydrogen) atoms. The number of rotatable bonds is 5. The summed E-state index contributed by atoms with van der Waals surface area (Å²) in [6.45, 7) is 6.76. The van der Waals surface area contributed by atoms with Crippen LogP contribution >= 0.6 is 22.9 Å². The zero-order valence-electron chi connectivity index (χ0n) is 9.38. The number of nitrogens with one attached hydrogen (secondary N) is 1. The minimum Gasteiger partial charge on any atom is -0.387 e. The second-order valence-corrected chi connectivity index (χ2v) is 5.32. The standard InChI is InChI=1S/C11H18ClNOS/c1-4-8(3)13-5-9(14)10-7(2)6-15-11(10)12/h6,8-9,13-14H,4-5H2,1-3H3. The largest absolute Gasteiger partial charge is 0.387 e. The molecule has 2 nitrogen and oxygen atoms in total. The van der Waals surface area contributed by atoms with Crippen LogP contribution in [0.1, 0.15) is 37.5 Å². The number of halogens is 1. The Kier molecular flexibility index (Phi) is 5.06. The van der Waals surface area contributed by atoms with Crippen LogP contribution in [0.5, 0.6) is 0 Å². The van der Waals surface area contributed by atoms with E-state index in [9.17, 15) is 5.11 Å². The molecule has 1 aromatic rings. The van der Waals surface area contributed by atoms with Crippen molar-refractivity contribution in [1.82, 2.24) is 5.32 Å². The maximum atomic E-state index is 9.98. The fourth-order valence-corrected chi connectivity index (χ4v) is 2.61. The molecule has 86 valence electrons. The Morgan fingerprint density at radius 1 is 1.60 bits per heavy atom. The van der Waals surface area contributed by atoms with E-state index < -0.39 is 6.10 Å². The lowest BCUT2D eigenvalue weighted by Gasteiger charge is -2.16. The van der Waals surface area contributed by atoms with Gasteiger partial charge in [-0.2, -0.15) is 0 Å². The minimum absolute atomic E-state index is 0.428. The number of thiophene rings is 1. The van der Waals surface area contributed by atoms with Crippen molar-refractivity contribution in [1.29, 1.82) is 0 Å². The van der Waals surface area contributed by atoms with Gasteiger partial charge in [0.05, 0.1) is 10.4 Å². The molecular formula is C11H18ClNOS. The number of aryl methyl sites for hydroxylation is 1. The summed E-state index contributed by atoms with van der Waals surface area (Å²) in [5.41, 5.74) is 1.95. The quantitative estimate of drug-likeness (QED) is 0.838. The maximum absolute atomic E-state index is 9.98. The van der Waals surface area contributed by atoms with Gasteiger partial charge >= 0.3 is 0 Å². The zero-order valence-corrected chi connectivity index (χ0v) is 11.0. The van der Waals surface area contributed by atoms with Crippen molar-refractivity contribution in [2.24, 2.45) is 0 Å². The van der Waals surface area contributed by atoms with Gasteiger partial charge in [0.1, 0.15) is 0 Å². The summed E-state index contributed by atoms with van der Waals surface area (Å²) in [7, 11) is 0. The first-order chi connectivity index (χ1) is 7.06. The van der Waals surface area contributed by atoms with Crippen LogP contribution in [0.15, 0.2) is 5.38 Å². The Labute approximate surface area is 100 Å². The van der Waals surface area contributed by atoms with E-state index in [1.165, 1.54) is 11.3 Å². The second kappa shape index (κ2) is 5.85. The Hall–Kier alpha value is -0.0900. The molecule has 2 unspecified atom stereocenters. The monoisotopic (exact) mass is 247 g/mol. The maximum Gasteiger partial charge on any atom is 0.0989 e. The molecule has 1 rings (SSSR count). The normalized spacial score (nSPS) is 15.3. The van der Waals surface area contributed by atoms with Crippen LogP contribution in [0.3, 0.4) is 0 Å². The highest BCUT2D eigenvalue weighted by Crippen LogP contribution is 2.32. The van der Waals surface area contributed by atoms with Gasteiger partial charge in [0.25, 0.3) is 0 Å². The molecular weight excluding hydrogens is 230 g/mol. The molecule has 0 saturated carbocycles. The van der Waals surface area contributed by atoms with Gasteiger partial charge in [-0.3, -0.25) is 0 Å². The minimum atomic E-state index is -0.502. The van der Waals surface area contributed by atoms with Crippen LogP contribution in [-0.2, 0) is 0 Å². The van der Waals surface area contributed by atoms with Gasteiger partial charge in [0.15, 0.2) is 0 Å². The number of hydrogen-bond donors (Lipinski definition) is 2.